The third-order valence-electron chi connectivity index (χ3n) is 3.54. The van der Waals surface area contributed by atoms with Crippen molar-refractivity contribution < 1.29 is 4.74 Å². The summed E-state index contributed by atoms with van der Waals surface area (Å²) in [6, 6.07) is 2.46. The molecule has 0 aliphatic heterocycles. The topological polar surface area (TPSA) is 45.0 Å². The molecule has 1 rings (SSSR count). The van der Waals surface area contributed by atoms with Crippen LogP contribution in [0.5, 0.6) is 0 Å². The van der Waals surface area contributed by atoms with E-state index in [4.69, 9.17) is 4.74 Å². The summed E-state index contributed by atoms with van der Waals surface area (Å²) in [5.74, 6) is 0. The zero-order valence-electron chi connectivity index (χ0n) is 11.3. The molecule has 0 saturated heterocycles. The van der Waals surface area contributed by atoms with Gasteiger partial charge in [-0.2, -0.15) is 5.26 Å². The first kappa shape index (κ1) is 14.5. The highest BCUT2D eigenvalue weighted by Gasteiger charge is 2.36. The van der Waals surface area contributed by atoms with Gasteiger partial charge in [0, 0.05) is 13.0 Å². The van der Waals surface area contributed by atoms with Crippen LogP contribution in [0.25, 0.3) is 0 Å². The van der Waals surface area contributed by atoms with Crippen molar-refractivity contribution in [3.63, 3.8) is 0 Å². The summed E-state index contributed by atoms with van der Waals surface area (Å²) in [6.45, 7) is 5.97. The molecule has 1 N–H and O–H groups in total. The molecule has 0 radical (unpaired) electrons. The molecule has 2 unspecified atom stereocenters. The zero-order valence-corrected chi connectivity index (χ0v) is 11.3. The van der Waals surface area contributed by atoms with E-state index in [1.807, 2.05) is 0 Å². The van der Waals surface area contributed by atoms with Crippen molar-refractivity contribution in [3.05, 3.63) is 0 Å². The largest absolute Gasteiger partial charge is 0.378 e. The Morgan fingerprint density at radius 1 is 1.41 bits per heavy atom. The quantitative estimate of drug-likeness (QED) is 0.693. The third kappa shape index (κ3) is 4.65. The Bertz CT molecular complexity index is 245. The molecule has 17 heavy (non-hydrogen) atoms. The molecule has 1 fully saturated rings. The Hall–Kier alpha value is -0.590. The second-order valence-electron chi connectivity index (χ2n) is 5.02. The monoisotopic (exact) mass is 238 g/mol. The zero-order chi connectivity index (χ0) is 12.6. The van der Waals surface area contributed by atoms with Gasteiger partial charge < -0.3 is 4.74 Å². The van der Waals surface area contributed by atoms with Gasteiger partial charge >= 0.3 is 0 Å². The number of hydrogen-bond acceptors (Lipinski definition) is 3. The molecule has 1 aliphatic rings. The predicted octanol–water partition coefficient (Wildman–Crippen LogP) is 3.01. The van der Waals surface area contributed by atoms with Crippen molar-refractivity contribution in [2.24, 2.45) is 0 Å². The number of rotatable bonds is 7. The lowest BCUT2D eigenvalue weighted by molar-refractivity contribution is 0.00772. The molecule has 2 atom stereocenters. The number of nitrogens with one attached hydrogen (secondary N) is 1. The number of hydrogen-bond donors (Lipinski definition) is 1. The van der Waals surface area contributed by atoms with Crippen LogP contribution in [0, 0.1) is 11.3 Å². The van der Waals surface area contributed by atoms with Crippen molar-refractivity contribution in [3.8, 4) is 6.07 Å². The average molecular weight is 238 g/mol. The summed E-state index contributed by atoms with van der Waals surface area (Å²) in [5.41, 5.74) is -0.331. The van der Waals surface area contributed by atoms with Crippen LogP contribution >= 0.6 is 0 Å². The molecule has 98 valence electrons. The standard InChI is InChI=1S/C14H26N2O/c1-3-5-6-10-17-13-8-7-9-14(11-13,12-15)16-4-2/h13,16H,3-11H2,1-2H3. The minimum absolute atomic E-state index is 0.277. The number of nitrogens with zero attached hydrogens (tertiary/aromatic N) is 1. The molecule has 3 nitrogen and oxygen atoms in total. The Morgan fingerprint density at radius 3 is 2.88 bits per heavy atom. The van der Waals surface area contributed by atoms with Gasteiger partial charge in [-0.3, -0.25) is 5.32 Å². The van der Waals surface area contributed by atoms with Crippen LogP contribution in [0.1, 0.15) is 58.8 Å². The van der Waals surface area contributed by atoms with E-state index in [9.17, 15) is 5.26 Å². The molecule has 0 spiro atoms. The highest BCUT2D eigenvalue weighted by molar-refractivity contribution is 5.10. The van der Waals surface area contributed by atoms with E-state index in [-0.39, 0.29) is 11.6 Å². The van der Waals surface area contributed by atoms with E-state index in [2.05, 4.69) is 25.2 Å². The van der Waals surface area contributed by atoms with Gasteiger partial charge in [-0.15, -0.1) is 0 Å². The van der Waals surface area contributed by atoms with Gasteiger partial charge in [0.25, 0.3) is 0 Å². The van der Waals surface area contributed by atoms with Crippen LogP contribution in [-0.2, 0) is 4.74 Å². The number of nitriles is 1. The van der Waals surface area contributed by atoms with E-state index in [1.54, 1.807) is 0 Å². The smallest absolute Gasteiger partial charge is 0.109 e. The van der Waals surface area contributed by atoms with Crippen molar-refractivity contribution in [2.75, 3.05) is 13.2 Å². The molecule has 3 heteroatoms. The second kappa shape index (κ2) is 7.68. The molecular formula is C14H26N2O. The van der Waals surface area contributed by atoms with E-state index >= 15 is 0 Å². The van der Waals surface area contributed by atoms with Crippen molar-refractivity contribution in [1.29, 1.82) is 5.26 Å². The lowest BCUT2D eigenvalue weighted by atomic mass is 9.81. The summed E-state index contributed by atoms with van der Waals surface area (Å²) >= 11 is 0. The first-order valence-corrected chi connectivity index (χ1v) is 7.04. The first-order chi connectivity index (χ1) is 8.26. The summed E-state index contributed by atoms with van der Waals surface area (Å²) < 4.78 is 5.90. The van der Waals surface area contributed by atoms with E-state index in [1.165, 1.54) is 12.8 Å². The van der Waals surface area contributed by atoms with Crippen LogP contribution in [0.15, 0.2) is 0 Å². The normalized spacial score (nSPS) is 28.9. The average Bonchev–Trinajstić information content (AvgIpc) is 2.35. The lowest BCUT2D eigenvalue weighted by Gasteiger charge is -2.36. The minimum Gasteiger partial charge on any atom is -0.378 e. The van der Waals surface area contributed by atoms with Gasteiger partial charge in [-0.25, -0.2) is 0 Å². The van der Waals surface area contributed by atoms with Crippen molar-refractivity contribution in [2.45, 2.75) is 70.4 Å². The number of unbranched alkanes of at least 4 members (excludes halogenated alkanes) is 2. The summed E-state index contributed by atoms with van der Waals surface area (Å²) in [5, 5.41) is 12.7. The van der Waals surface area contributed by atoms with Gasteiger partial charge in [0.15, 0.2) is 0 Å². The van der Waals surface area contributed by atoms with Crippen molar-refractivity contribution >= 4 is 0 Å². The van der Waals surface area contributed by atoms with Gasteiger partial charge in [-0.05, 0) is 32.2 Å². The summed E-state index contributed by atoms with van der Waals surface area (Å²) in [4.78, 5) is 0. The minimum atomic E-state index is -0.331. The SMILES string of the molecule is CCCCCOC1CCCC(C#N)(NCC)C1. The Morgan fingerprint density at radius 2 is 2.24 bits per heavy atom. The van der Waals surface area contributed by atoms with E-state index < -0.39 is 0 Å². The molecule has 0 aromatic carbocycles. The molecule has 0 amide bonds. The Labute approximate surface area is 106 Å². The van der Waals surface area contributed by atoms with Gasteiger partial charge in [0.2, 0.25) is 0 Å². The maximum absolute atomic E-state index is 9.33. The van der Waals surface area contributed by atoms with E-state index in [0.29, 0.717) is 0 Å². The molecule has 0 heterocycles. The molecule has 1 aliphatic carbocycles. The molecular weight excluding hydrogens is 212 g/mol. The summed E-state index contributed by atoms with van der Waals surface area (Å²) in [7, 11) is 0. The van der Waals surface area contributed by atoms with Crippen LogP contribution in [-0.4, -0.2) is 24.8 Å². The van der Waals surface area contributed by atoms with Crippen LogP contribution in [0.2, 0.25) is 0 Å². The maximum atomic E-state index is 9.33. The Kier molecular flexibility index (Phi) is 6.54. The maximum Gasteiger partial charge on any atom is 0.109 e. The highest BCUT2D eigenvalue weighted by Crippen LogP contribution is 2.29. The fourth-order valence-electron chi connectivity index (χ4n) is 2.61. The molecule has 0 aromatic heterocycles. The highest BCUT2D eigenvalue weighted by atomic mass is 16.5. The summed E-state index contributed by atoms with van der Waals surface area (Å²) in [6.07, 6.45) is 7.92. The molecule has 1 saturated carbocycles. The Balaban J connectivity index is 2.35. The van der Waals surface area contributed by atoms with Crippen LogP contribution in [0.4, 0.5) is 0 Å². The predicted molar refractivity (Wildman–Crippen MR) is 69.8 cm³/mol. The van der Waals surface area contributed by atoms with Crippen LogP contribution < -0.4 is 5.32 Å². The van der Waals surface area contributed by atoms with Gasteiger partial charge in [0.1, 0.15) is 5.54 Å². The van der Waals surface area contributed by atoms with Crippen LogP contribution in [0.3, 0.4) is 0 Å². The van der Waals surface area contributed by atoms with E-state index in [0.717, 1.165) is 45.3 Å². The number of ether oxygens (including phenoxy) is 1. The molecule has 0 aromatic rings. The fourth-order valence-corrected chi connectivity index (χ4v) is 2.61. The lowest BCUT2D eigenvalue weighted by Crippen LogP contribution is -2.49. The molecule has 0 bridgehead atoms. The second-order valence-corrected chi connectivity index (χ2v) is 5.02. The third-order valence-corrected chi connectivity index (χ3v) is 3.54. The van der Waals surface area contributed by atoms with Crippen molar-refractivity contribution in [1.82, 2.24) is 5.32 Å². The van der Waals surface area contributed by atoms with Gasteiger partial charge in [0.05, 0.1) is 12.2 Å². The fraction of sp³-hybridized carbons (Fsp3) is 0.929. The first-order valence-electron chi connectivity index (χ1n) is 7.04. The van der Waals surface area contributed by atoms with Gasteiger partial charge in [-0.1, -0.05) is 26.7 Å².